The number of hydrogen-bond acceptors (Lipinski definition) is 4. The van der Waals surface area contributed by atoms with Gasteiger partial charge < -0.3 is 20.0 Å². The van der Waals surface area contributed by atoms with Crippen molar-refractivity contribution in [2.45, 2.75) is 32.4 Å². The zero-order chi connectivity index (χ0) is 22.0. The molecule has 8 heteroatoms. The minimum Gasteiger partial charge on any atom is -0.497 e. The lowest BCUT2D eigenvalue weighted by Gasteiger charge is -2.14. The standard InChI is InChI=1S/C23H24N4O3S/c1-14(15-7-4-3-5-8-15)24-19(28)9-6-12-27-22(29)21-20(26-23(27)31)17-13-16(30-2)10-11-18(17)25-21/h3-5,7-8,10-11,13-14,25H,6,9,12H2,1-2H3,(H,24,28)(H,26,31)/t14-/m0/s1. The van der Waals surface area contributed by atoms with Crippen LogP contribution in [0.5, 0.6) is 5.75 Å². The van der Waals surface area contributed by atoms with Crippen molar-refractivity contribution in [3.63, 3.8) is 0 Å². The van der Waals surface area contributed by atoms with E-state index in [4.69, 9.17) is 17.0 Å². The SMILES string of the molecule is COc1ccc2[nH]c3c(=O)n(CCCC(=O)N[C@@H](C)c4ccccc4)c(=S)[nH]c3c2c1. The first-order valence-corrected chi connectivity index (χ1v) is 10.6. The third-order valence-electron chi connectivity index (χ3n) is 5.40. The first-order chi connectivity index (χ1) is 15.0. The van der Waals surface area contributed by atoms with Gasteiger partial charge in [-0.05, 0) is 49.3 Å². The van der Waals surface area contributed by atoms with Crippen LogP contribution < -0.4 is 15.6 Å². The Bertz CT molecular complexity index is 1350. The summed E-state index contributed by atoms with van der Waals surface area (Å²) in [5, 5.41) is 3.84. The molecular formula is C23H24N4O3S. The molecule has 0 unspecified atom stereocenters. The molecule has 2 aromatic carbocycles. The van der Waals surface area contributed by atoms with Gasteiger partial charge >= 0.3 is 0 Å². The smallest absolute Gasteiger partial charge is 0.278 e. The molecule has 0 saturated heterocycles. The summed E-state index contributed by atoms with van der Waals surface area (Å²) >= 11 is 5.43. The molecule has 4 rings (SSSR count). The van der Waals surface area contributed by atoms with E-state index in [0.29, 0.717) is 40.9 Å². The molecule has 2 heterocycles. The predicted octanol–water partition coefficient (Wildman–Crippen LogP) is 4.21. The Morgan fingerprint density at radius 3 is 2.68 bits per heavy atom. The highest BCUT2D eigenvalue weighted by Gasteiger charge is 2.13. The minimum absolute atomic E-state index is 0.0573. The van der Waals surface area contributed by atoms with Gasteiger partial charge in [0.05, 0.1) is 18.7 Å². The van der Waals surface area contributed by atoms with Crippen molar-refractivity contribution >= 4 is 40.1 Å². The van der Waals surface area contributed by atoms with Crippen LogP contribution in [0.2, 0.25) is 0 Å². The number of H-pyrrole nitrogens is 2. The molecule has 160 valence electrons. The largest absolute Gasteiger partial charge is 0.497 e. The average molecular weight is 437 g/mol. The topological polar surface area (TPSA) is 91.9 Å². The number of fused-ring (bicyclic) bond motifs is 3. The Morgan fingerprint density at radius 1 is 1.16 bits per heavy atom. The van der Waals surface area contributed by atoms with Crippen molar-refractivity contribution in [2.24, 2.45) is 0 Å². The van der Waals surface area contributed by atoms with E-state index in [9.17, 15) is 9.59 Å². The van der Waals surface area contributed by atoms with Crippen LogP contribution in [0.25, 0.3) is 21.9 Å². The maximum absolute atomic E-state index is 13.0. The molecule has 0 saturated carbocycles. The molecule has 0 aliphatic carbocycles. The second-order valence-corrected chi connectivity index (χ2v) is 7.86. The molecule has 4 aromatic rings. The van der Waals surface area contributed by atoms with Crippen molar-refractivity contribution in [1.82, 2.24) is 19.9 Å². The van der Waals surface area contributed by atoms with Crippen LogP contribution in [0.1, 0.15) is 31.4 Å². The van der Waals surface area contributed by atoms with E-state index in [0.717, 1.165) is 16.5 Å². The fourth-order valence-corrected chi connectivity index (χ4v) is 4.01. The van der Waals surface area contributed by atoms with Gasteiger partial charge in [-0.2, -0.15) is 0 Å². The fraction of sp³-hybridized carbons (Fsp3) is 0.261. The lowest BCUT2D eigenvalue weighted by molar-refractivity contribution is -0.121. The molecule has 2 aromatic heterocycles. The van der Waals surface area contributed by atoms with Crippen LogP contribution in [-0.2, 0) is 11.3 Å². The van der Waals surface area contributed by atoms with Crippen LogP contribution >= 0.6 is 12.2 Å². The van der Waals surface area contributed by atoms with Gasteiger partial charge in [-0.15, -0.1) is 0 Å². The third kappa shape index (κ3) is 4.25. The number of methoxy groups -OCH3 is 1. The molecule has 0 spiro atoms. The van der Waals surface area contributed by atoms with E-state index >= 15 is 0 Å². The number of benzene rings is 2. The van der Waals surface area contributed by atoms with Crippen molar-refractivity contribution in [3.8, 4) is 5.75 Å². The predicted molar refractivity (Wildman–Crippen MR) is 124 cm³/mol. The number of carbonyl (C=O) groups is 1. The fourth-order valence-electron chi connectivity index (χ4n) is 3.73. The van der Waals surface area contributed by atoms with Crippen LogP contribution in [0, 0.1) is 4.77 Å². The number of nitrogens with one attached hydrogen (secondary N) is 3. The number of aromatic amines is 2. The molecule has 0 fully saturated rings. The monoisotopic (exact) mass is 436 g/mol. The lowest BCUT2D eigenvalue weighted by atomic mass is 10.1. The summed E-state index contributed by atoms with van der Waals surface area (Å²) in [4.78, 5) is 31.7. The average Bonchev–Trinajstić information content (AvgIpc) is 3.14. The quantitative estimate of drug-likeness (QED) is 0.379. The van der Waals surface area contributed by atoms with E-state index in [2.05, 4.69) is 15.3 Å². The van der Waals surface area contributed by atoms with E-state index in [1.54, 1.807) is 7.11 Å². The Morgan fingerprint density at radius 2 is 1.94 bits per heavy atom. The Balaban J connectivity index is 1.48. The van der Waals surface area contributed by atoms with Crippen LogP contribution in [-0.4, -0.2) is 27.6 Å². The maximum Gasteiger partial charge on any atom is 0.278 e. The van der Waals surface area contributed by atoms with E-state index in [-0.39, 0.29) is 17.5 Å². The summed E-state index contributed by atoms with van der Waals surface area (Å²) in [6, 6.07) is 15.3. The van der Waals surface area contributed by atoms with Crippen molar-refractivity contribution in [1.29, 1.82) is 0 Å². The first-order valence-electron chi connectivity index (χ1n) is 10.1. The minimum atomic E-state index is -0.202. The summed E-state index contributed by atoms with van der Waals surface area (Å²) in [7, 11) is 1.60. The van der Waals surface area contributed by atoms with Gasteiger partial charge in [0, 0.05) is 23.9 Å². The summed E-state index contributed by atoms with van der Waals surface area (Å²) in [5.74, 6) is 0.644. The van der Waals surface area contributed by atoms with E-state index < -0.39 is 0 Å². The second kappa shape index (κ2) is 8.77. The molecule has 1 atom stereocenters. The highest BCUT2D eigenvalue weighted by Crippen LogP contribution is 2.25. The molecule has 1 amide bonds. The maximum atomic E-state index is 13.0. The number of ether oxygens (including phenoxy) is 1. The lowest BCUT2D eigenvalue weighted by Crippen LogP contribution is -2.27. The van der Waals surface area contributed by atoms with Gasteiger partial charge in [-0.25, -0.2) is 0 Å². The molecule has 0 aliphatic heterocycles. The first kappa shape index (κ1) is 20.9. The normalized spacial score (nSPS) is 12.2. The Labute approximate surface area is 184 Å². The van der Waals surface area contributed by atoms with E-state index in [1.807, 2.05) is 55.5 Å². The molecular weight excluding hydrogens is 412 g/mol. The number of aromatic nitrogens is 3. The molecule has 0 radical (unpaired) electrons. The number of amides is 1. The third-order valence-corrected chi connectivity index (χ3v) is 5.73. The van der Waals surface area contributed by atoms with Gasteiger partial charge in [-0.1, -0.05) is 30.3 Å². The Hall–Kier alpha value is -3.39. The molecule has 0 bridgehead atoms. The summed E-state index contributed by atoms with van der Waals surface area (Å²) in [6.07, 6.45) is 0.810. The zero-order valence-corrected chi connectivity index (χ0v) is 18.2. The van der Waals surface area contributed by atoms with Crippen molar-refractivity contribution in [2.75, 3.05) is 7.11 Å². The molecule has 7 nitrogen and oxygen atoms in total. The van der Waals surface area contributed by atoms with Gasteiger partial charge in [0.2, 0.25) is 5.91 Å². The number of nitrogens with zero attached hydrogens (tertiary/aromatic N) is 1. The van der Waals surface area contributed by atoms with Crippen LogP contribution in [0.4, 0.5) is 0 Å². The highest BCUT2D eigenvalue weighted by atomic mass is 32.1. The summed E-state index contributed by atoms with van der Waals surface area (Å²) in [5.41, 5.74) is 2.79. The van der Waals surface area contributed by atoms with Crippen LogP contribution in [0.15, 0.2) is 53.3 Å². The number of rotatable bonds is 7. The highest BCUT2D eigenvalue weighted by molar-refractivity contribution is 7.71. The molecule has 31 heavy (non-hydrogen) atoms. The van der Waals surface area contributed by atoms with E-state index in [1.165, 1.54) is 4.57 Å². The molecule has 3 N–H and O–H groups in total. The van der Waals surface area contributed by atoms with Gasteiger partial charge in [-0.3, -0.25) is 14.2 Å². The summed E-state index contributed by atoms with van der Waals surface area (Å²) < 4.78 is 7.11. The molecule has 0 aliphatic rings. The van der Waals surface area contributed by atoms with Crippen LogP contribution in [0.3, 0.4) is 0 Å². The Kier molecular flexibility index (Phi) is 5.90. The second-order valence-electron chi connectivity index (χ2n) is 7.48. The summed E-state index contributed by atoms with van der Waals surface area (Å²) in [6.45, 7) is 2.31. The van der Waals surface area contributed by atoms with Gasteiger partial charge in [0.1, 0.15) is 11.3 Å². The zero-order valence-electron chi connectivity index (χ0n) is 17.4. The number of hydrogen-bond donors (Lipinski definition) is 3. The van der Waals surface area contributed by atoms with Gasteiger partial charge in [0.25, 0.3) is 5.56 Å². The van der Waals surface area contributed by atoms with Gasteiger partial charge in [0.15, 0.2) is 4.77 Å². The van der Waals surface area contributed by atoms with Crippen molar-refractivity contribution < 1.29 is 9.53 Å². The van der Waals surface area contributed by atoms with Crippen molar-refractivity contribution in [3.05, 3.63) is 69.2 Å². The number of carbonyl (C=O) groups excluding carboxylic acids is 1.